The van der Waals surface area contributed by atoms with E-state index in [1.807, 2.05) is 19.9 Å². The van der Waals surface area contributed by atoms with Crippen LogP contribution < -0.4 is 10.2 Å². The molecule has 0 aliphatic carbocycles. The molecule has 0 spiro atoms. The van der Waals surface area contributed by atoms with Gasteiger partial charge >= 0.3 is 0 Å². The van der Waals surface area contributed by atoms with Gasteiger partial charge in [-0.25, -0.2) is 15.0 Å². The topological polar surface area (TPSA) is 74.2 Å². The summed E-state index contributed by atoms with van der Waals surface area (Å²) in [5, 5.41) is 4.13. The first-order chi connectivity index (χ1) is 11.9. The molecule has 0 saturated carbocycles. The van der Waals surface area contributed by atoms with E-state index in [4.69, 9.17) is 0 Å². The third-order valence-corrected chi connectivity index (χ3v) is 5.37. The van der Waals surface area contributed by atoms with Gasteiger partial charge in [0, 0.05) is 37.9 Å². The van der Waals surface area contributed by atoms with E-state index in [0.717, 1.165) is 23.8 Å². The summed E-state index contributed by atoms with van der Waals surface area (Å²) < 4.78 is 0. The first-order valence-corrected chi connectivity index (χ1v) is 9.17. The molecule has 25 heavy (non-hydrogen) atoms. The highest BCUT2D eigenvalue weighted by Gasteiger charge is 2.35. The fourth-order valence-corrected chi connectivity index (χ4v) is 4.11. The van der Waals surface area contributed by atoms with Crippen molar-refractivity contribution < 1.29 is 4.79 Å². The zero-order valence-electron chi connectivity index (χ0n) is 15.1. The fourth-order valence-electron chi connectivity index (χ4n) is 3.28. The van der Waals surface area contributed by atoms with Crippen LogP contribution in [-0.4, -0.2) is 65.5 Å². The minimum absolute atomic E-state index is 0.0345. The maximum atomic E-state index is 12.7. The van der Waals surface area contributed by atoms with Crippen LogP contribution in [0.5, 0.6) is 0 Å². The largest absolute Gasteiger partial charge is 0.346 e. The summed E-state index contributed by atoms with van der Waals surface area (Å²) >= 11 is 1.45. The Kier molecular flexibility index (Phi) is 5.29. The Morgan fingerprint density at radius 1 is 1.32 bits per heavy atom. The van der Waals surface area contributed by atoms with E-state index in [9.17, 15) is 4.79 Å². The summed E-state index contributed by atoms with van der Waals surface area (Å²) in [7, 11) is 4.11. The molecular formula is C17H24N6OS. The Morgan fingerprint density at radius 3 is 2.64 bits per heavy atom. The monoisotopic (exact) mass is 360 g/mol. The van der Waals surface area contributed by atoms with Gasteiger partial charge in [0.1, 0.15) is 4.88 Å². The van der Waals surface area contributed by atoms with Gasteiger partial charge in [0.2, 0.25) is 5.95 Å². The molecule has 7 nitrogen and oxygen atoms in total. The fraction of sp³-hybridized carbons (Fsp3) is 0.529. The molecule has 134 valence electrons. The second-order valence-electron chi connectivity index (χ2n) is 6.70. The van der Waals surface area contributed by atoms with Crippen LogP contribution in [0.2, 0.25) is 0 Å². The van der Waals surface area contributed by atoms with Crippen LogP contribution in [0.25, 0.3) is 0 Å². The van der Waals surface area contributed by atoms with E-state index < -0.39 is 0 Å². The third kappa shape index (κ3) is 4.13. The van der Waals surface area contributed by atoms with Crippen LogP contribution in [0.4, 0.5) is 5.95 Å². The van der Waals surface area contributed by atoms with Crippen LogP contribution in [0.3, 0.4) is 0 Å². The van der Waals surface area contributed by atoms with Crippen molar-refractivity contribution in [1.82, 2.24) is 25.2 Å². The molecule has 1 amide bonds. The number of hydrogen-bond acceptors (Lipinski definition) is 7. The molecule has 1 saturated heterocycles. The van der Waals surface area contributed by atoms with Crippen molar-refractivity contribution in [2.75, 3.05) is 38.6 Å². The van der Waals surface area contributed by atoms with Crippen molar-refractivity contribution in [2.24, 2.45) is 5.92 Å². The average molecular weight is 360 g/mol. The lowest BCUT2D eigenvalue weighted by molar-refractivity contribution is 0.0931. The van der Waals surface area contributed by atoms with Gasteiger partial charge in [-0.3, -0.25) is 4.79 Å². The average Bonchev–Trinajstić information content (AvgIpc) is 3.11. The zero-order valence-corrected chi connectivity index (χ0v) is 15.9. The maximum absolute atomic E-state index is 12.7. The molecule has 3 heterocycles. The number of carbonyl (C=O) groups is 1. The van der Waals surface area contributed by atoms with Crippen LogP contribution in [-0.2, 0) is 0 Å². The quantitative estimate of drug-likeness (QED) is 0.868. The molecule has 1 N–H and O–H groups in total. The summed E-state index contributed by atoms with van der Waals surface area (Å²) in [6, 6.07) is 1.87. The van der Waals surface area contributed by atoms with Crippen molar-refractivity contribution in [3.8, 4) is 0 Å². The Balaban J connectivity index is 1.75. The number of rotatable bonds is 5. The number of aromatic nitrogens is 3. The highest BCUT2D eigenvalue weighted by atomic mass is 32.1. The number of anilines is 1. The molecule has 2 aromatic heterocycles. The van der Waals surface area contributed by atoms with Crippen LogP contribution in [0.15, 0.2) is 18.5 Å². The Bertz CT molecular complexity index is 732. The summed E-state index contributed by atoms with van der Waals surface area (Å²) in [4.78, 5) is 30.8. The predicted molar refractivity (Wildman–Crippen MR) is 99.1 cm³/mol. The SMILES string of the molecule is Cc1nc(C)c(C(=O)N[C@@H]2CN(c3ncccn3)C[C@H]2CN(C)C)s1. The highest BCUT2D eigenvalue weighted by molar-refractivity contribution is 7.13. The molecule has 3 rings (SSSR count). The standard InChI is InChI=1S/C17H24N6OS/c1-11-15(25-12(2)20-11)16(24)21-14-10-23(9-13(14)8-22(3)4)17-18-6-5-7-19-17/h5-7,13-14H,8-10H2,1-4H3,(H,21,24)/t13-,14-/m1/s1. The summed E-state index contributed by atoms with van der Waals surface area (Å²) in [5.41, 5.74) is 0.797. The maximum Gasteiger partial charge on any atom is 0.263 e. The normalized spacial score (nSPS) is 20.3. The Labute approximate surface area is 152 Å². The van der Waals surface area contributed by atoms with Gasteiger partial charge in [0.05, 0.1) is 16.7 Å². The van der Waals surface area contributed by atoms with Gasteiger partial charge in [0.25, 0.3) is 5.91 Å². The number of amides is 1. The summed E-state index contributed by atoms with van der Waals surface area (Å²) in [5.74, 6) is 0.998. The van der Waals surface area contributed by atoms with Crippen molar-refractivity contribution in [3.63, 3.8) is 0 Å². The minimum atomic E-state index is -0.0345. The Morgan fingerprint density at radius 2 is 2.04 bits per heavy atom. The van der Waals surface area contributed by atoms with Crippen LogP contribution in [0, 0.1) is 19.8 Å². The lowest BCUT2D eigenvalue weighted by atomic mass is 10.0. The van der Waals surface area contributed by atoms with Gasteiger partial charge in [-0.2, -0.15) is 0 Å². The van der Waals surface area contributed by atoms with Crippen molar-refractivity contribution in [1.29, 1.82) is 0 Å². The molecule has 0 bridgehead atoms. The smallest absolute Gasteiger partial charge is 0.263 e. The Hall–Kier alpha value is -2.06. The van der Waals surface area contributed by atoms with E-state index in [1.165, 1.54) is 11.3 Å². The number of nitrogens with one attached hydrogen (secondary N) is 1. The molecule has 8 heteroatoms. The van der Waals surface area contributed by atoms with Crippen molar-refractivity contribution >= 4 is 23.2 Å². The molecule has 2 atom stereocenters. The summed E-state index contributed by atoms with van der Waals surface area (Å²) in [6.45, 7) is 6.25. The van der Waals surface area contributed by atoms with Gasteiger partial charge in [-0.15, -0.1) is 11.3 Å². The van der Waals surface area contributed by atoms with E-state index in [0.29, 0.717) is 23.3 Å². The molecule has 1 fully saturated rings. The lowest BCUT2D eigenvalue weighted by Gasteiger charge is -2.22. The van der Waals surface area contributed by atoms with Crippen molar-refractivity contribution in [3.05, 3.63) is 34.0 Å². The van der Waals surface area contributed by atoms with E-state index in [1.54, 1.807) is 12.4 Å². The molecule has 0 radical (unpaired) electrons. The third-order valence-electron chi connectivity index (χ3n) is 4.30. The molecule has 0 unspecified atom stereocenters. The molecule has 0 aromatic carbocycles. The first kappa shape index (κ1) is 17.8. The lowest BCUT2D eigenvalue weighted by Crippen LogP contribution is -2.43. The second-order valence-corrected chi connectivity index (χ2v) is 7.91. The van der Waals surface area contributed by atoms with Gasteiger partial charge in [-0.05, 0) is 34.0 Å². The molecular weight excluding hydrogens is 336 g/mol. The number of thiazole rings is 1. The first-order valence-electron chi connectivity index (χ1n) is 8.35. The van der Waals surface area contributed by atoms with Crippen LogP contribution in [0.1, 0.15) is 20.4 Å². The number of carbonyl (C=O) groups excluding carboxylic acids is 1. The zero-order chi connectivity index (χ0) is 18.0. The van der Waals surface area contributed by atoms with Crippen LogP contribution >= 0.6 is 11.3 Å². The van der Waals surface area contributed by atoms with Gasteiger partial charge < -0.3 is 15.1 Å². The summed E-state index contributed by atoms with van der Waals surface area (Å²) in [6.07, 6.45) is 3.50. The number of hydrogen-bond donors (Lipinski definition) is 1. The molecule has 2 aromatic rings. The predicted octanol–water partition coefficient (Wildman–Crippen LogP) is 1.35. The molecule has 1 aliphatic rings. The number of nitrogens with zero attached hydrogens (tertiary/aromatic N) is 5. The minimum Gasteiger partial charge on any atom is -0.346 e. The van der Waals surface area contributed by atoms with Crippen molar-refractivity contribution in [2.45, 2.75) is 19.9 Å². The molecule has 1 aliphatic heterocycles. The van der Waals surface area contributed by atoms with Gasteiger partial charge in [-0.1, -0.05) is 0 Å². The van der Waals surface area contributed by atoms with E-state index in [2.05, 4.69) is 44.2 Å². The highest BCUT2D eigenvalue weighted by Crippen LogP contribution is 2.23. The van der Waals surface area contributed by atoms with Gasteiger partial charge in [0.15, 0.2) is 0 Å². The number of aryl methyl sites for hydroxylation is 2. The van der Waals surface area contributed by atoms with E-state index >= 15 is 0 Å². The van der Waals surface area contributed by atoms with E-state index in [-0.39, 0.29) is 11.9 Å². The second kappa shape index (κ2) is 7.45.